The Morgan fingerprint density at radius 2 is 1.83 bits per heavy atom. The van der Waals surface area contributed by atoms with E-state index in [0.717, 1.165) is 31.6 Å². The first-order chi connectivity index (χ1) is 11.8. The minimum atomic E-state index is -0.419. The summed E-state index contributed by atoms with van der Waals surface area (Å²) in [4.78, 5) is 2.57. The Hall–Kier alpha value is -1.10. The van der Waals surface area contributed by atoms with E-state index in [0.29, 0.717) is 0 Å². The van der Waals surface area contributed by atoms with Crippen molar-refractivity contribution < 1.29 is 9.84 Å². The molecular weight excluding hydrogens is 300 g/mol. The fourth-order valence-electron chi connectivity index (χ4n) is 3.92. The molecule has 2 N–H and O–H groups in total. The Morgan fingerprint density at radius 1 is 1.04 bits per heavy atom. The maximum absolute atomic E-state index is 10.6. The van der Waals surface area contributed by atoms with Gasteiger partial charge in [0.15, 0.2) is 0 Å². The zero-order valence-corrected chi connectivity index (χ0v) is 14.7. The number of hydrogen-bond acceptors (Lipinski definition) is 4. The smallest absolute Gasteiger partial charge is 0.126 e. The van der Waals surface area contributed by atoms with Crippen molar-refractivity contribution in [3.63, 3.8) is 0 Å². The number of aliphatic hydroxyl groups is 1. The van der Waals surface area contributed by atoms with E-state index in [2.05, 4.69) is 10.2 Å². The maximum atomic E-state index is 10.6. The summed E-state index contributed by atoms with van der Waals surface area (Å²) < 4.78 is 6.00. The van der Waals surface area contributed by atoms with Crippen LogP contribution >= 0.6 is 0 Å². The Labute approximate surface area is 146 Å². The highest BCUT2D eigenvalue weighted by Crippen LogP contribution is 2.24. The molecule has 3 rings (SSSR count). The number of likely N-dealkylation sites (tertiary alicyclic amines) is 1. The lowest BCUT2D eigenvalue weighted by Crippen LogP contribution is -2.51. The fraction of sp³-hybridized carbons (Fsp3) is 0.700. The van der Waals surface area contributed by atoms with Gasteiger partial charge in [0, 0.05) is 6.04 Å². The summed E-state index contributed by atoms with van der Waals surface area (Å²) in [6.07, 6.45) is 7.75. The highest BCUT2D eigenvalue weighted by Gasteiger charge is 2.32. The molecule has 24 heavy (non-hydrogen) atoms. The average Bonchev–Trinajstić information content (AvgIpc) is 3.12. The predicted octanol–water partition coefficient (Wildman–Crippen LogP) is 2.81. The Balaban J connectivity index is 1.35. The van der Waals surface area contributed by atoms with E-state index in [1.165, 1.54) is 45.3 Å². The lowest BCUT2D eigenvalue weighted by Gasteiger charge is -2.35. The van der Waals surface area contributed by atoms with Gasteiger partial charge in [0.2, 0.25) is 0 Å². The molecule has 0 spiro atoms. The van der Waals surface area contributed by atoms with Gasteiger partial charge < -0.3 is 20.1 Å². The third-order valence-corrected chi connectivity index (χ3v) is 5.33. The normalized spacial score (nSPS) is 28.1. The number of hydrogen-bond donors (Lipinski definition) is 2. The van der Waals surface area contributed by atoms with Gasteiger partial charge in [-0.1, -0.05) is 18.2 Å². The van der Waals surface area contributed by atoms with Gasteiger partial charge in [-0.2, -0.15) is 0 Å². The maximum Gasteiger partial charge on any atom is 0.126 e. The zero-order chi connectivity index (χ0) is 16.6. The molecule has 1 aliphatic carbocycles. The van der Waals surface area contributed by atoms with E-state index in [-0.39, 0.29) is 12.1 Å². The SMILES string of the molecule is O[C@@H]1[C@@H](NCCCCN2CCCC2)CCC[C@H]1Oc1ccccc1. The molecule has 0 unspecified atom stereocenters. The molecule has 1 saturated carbocycles. The van der Waals surface area contributed by atoms with Gasteiger partial charge in [0.05, 0.1) is 0 Å². The molecule has 2 fully saturated rings. The lowest BCUT2D eigenvalue weighted by molar-refractivity contribution is -0.0153. The summed E-state index contributed by atoms with van der Waals surface area (Å²) >= 11 is 0. The first kappa shape index (κ1) is 17.7. The molecule has 4 nitrogen and oxygen atoms in total. The molecule has 134 valence electrons. The molecule has 2 aliphatic rings. The van der Waals surface area contributed by atoms with Gasteiger partial charge in [-0.3, -0.25) is 0 Å². The van der Waals surface area contributed by atoms with E-state index < -0.39 is 6.10 Å². The first-order valence-corrected chi connectivity index (χ1v) is 9.68. The van der Waals surface area contributed by atoms with Gasteiger partial charge in [0.1, 0.15) is 18.0 Å². The topological polar surface area (TPSA) is 44.7 Å². The van der Waals surface area contributed by atoms with Crippen LogP contribution in [0.25, 0.3) is 0 Å². The Morgan fingerprint density at radius 3 is 2.62 bits per heavy atom. The van der Waals surface area contributed by atoms with E-state index in [4.69, 9.17) is 4.74 Å². The summed E-state index contributed by atoms with van der Waals surface area (Å²) in [5.41, 5.74) is 0. The third kappa shape index (κ3) is 5.20. The molecule has 1 heterocycles. The van der Waals surface area contributed by atoms with Crippen LogP contribution in [0, 0.1) is 0 Å². The monoisotopic (exact) mass is 332 g/mol. The van der Waals surface area contributed by atoms with Gasteiger partial charge in [0.25, 0.3) is 0 Å². The lowest BCUT2D eigenvalue weighted by atomic mass is 9.89. The van der Waals surface area contributed by atoms with Crippen LogP contribution in [0.3, 0.4) is 0 Å². The molecule has 1 aromatic carbocycles. The van der Waals surface area contributed by atoms with Crippen molar-refractivity contribution in [2.24, 2.45) is 0 Å². The van der Waals surface area contributed by atoms with Crippen LogP contribution in [0.4, 0.5) is 0 Å². The number of aliphatic hydroxyl groups excluding tert-OH is 1. The standard InChI is InChI=1S/C20H32N2O2/c23-20-18(21-13-4-5-14-22-15-6-7-16-22)11-8-12-19(20)24-17-9-2-1-3-10-17/h1-3,9-10,18-21,23H,4-8,11-16H2/t18-,19+,20+/m0/s1. The van der Waals surface area contributed by atoms with Gasteiger partial charge in [-0.25, -0.2) is 0 Å². The van der Waals surface area contributed by atoms with Crippen LogP contribution in [0.1, 0.15) is 44.9 Å². The number of ether oxygens (including phenoxy) is 1. The highest BCUT2D eigenvalue weighted by atomic mass is 16.5. The van der Waals surface area contributed by atoms with Crippen molar-refractivity contribution in [2.45, 2.75) is 63.2 Å². The third-order valence-electron chi connectivity index (χ3n) is 5.33. The minimum Gasteiger partial charge on any atom is -0.488 e. The largest absolute Gasteiger partial charge is 0.488 e. The van der Waals surface area contributed by atoms with Crippen molar-refractivity contribution in [2.75, 3.05) is 26.2 Å². The fourth-order valence-corrected chi connectivity index (χ4v) is 3.92. The summed E-state index contributed by atoms with van der Waals surface area (Å²) in [5.74, 6) is 0.854. The van der Waals surface area contributed by atoms with Gasteiger partial charge in [-0.05, 0) is 83.3 Å². The number of unbranched alkanes of at least 4 members (excludes halogenated alkanes) is 1. The Bertz CT molecular complexity index is 462. The summed E-state index contributed by atoms with van der Waals surface area (Å²) in [5, 5.41) is 14.2. The van der Waals surface area contributed by atoms with Crippen molar-refractivity contribution in [1.29, 1.82) is 0 Å². The Kier molecular flexibility index (Phi) is 6.94. The van der Waals surface area contributed by atoms with Crippen LogP contribution in [0.5, 0.6) is 5.75 Å². The molecule has 1 aromatic rings. The van der Waals surface area contributed by atoms with Crippen LogP contribution in [0.2, 0.25) is 0 Å². The number of rotatable bonds is 8. The van der Waals surface area contributed by atoms with Crippen LogP contribution in [-0.4, -0.2) is 54.4 Å². The van der Waals surface area contributed by atoms with Crippen molar-refractivity contribution in [3.8, 4) is 5.75 Å². The second kappa shape index (κ2) is 9.40. The van der Waals surface area contributed by atoms with E-state index in [1.54, 1.807) is 0 Å². The molecule has 0 amide bonds. The van der Waals surface area contributed by atoms with Crippen molar-refractivity contribution in [1.82, 2.24) is 10.2 Å². The second-order valence-electron chi connectivity index (χ2n) is 7.21. The molecule has 4 heteroatoms. The predicted molar refractivity (Wildman–Crippen MR) is 97.4 cm³/mol. The highest BCUT2D eigenvalue weighted by molar-refractivity contribution is 5.21. The number of para-hydroxylation sites is 1. The molecule has 0 radical (unpaired) electrons. The first-order valence-electron chi connectivity index (χ1n) is 9.68. The van der Waals surface area contributed by atoms with Crippen molar-refractivity contribution >= 4 is 0 Å². The van der Waals surface area contributed by atoms with E-state index in [1.807, 2.05) is 30.3 Å². The molecular formula is C20H32N2O2. The van der Waals surface area contributed by atoms with Crippen LogP contribution in [-0.2, 0) is 0 Å². The number of benzene rings is 1. The quantitative estimate of drug-likeness (QED) is 0.719. The molecule has 1 aliphatic heterocycles. The second-order valence-corrected chi connectivity index (χ2v) is 7.21. The average molecular weight is 332 g/mol. The molecule has 1 saturated heterocycles. The van der Waals surface area contributed by atoms with Gasteiger partial charge in [-0.15, -0.1) is 0 Å². The molecule has 3 atom stereocenters. The summed E-state index contributed by atoms with van der Waals surface area (Å²) in [7, 11) is 0. The number of nitrogens with zero attached hydrogens (tertiary/aromatic N) is 1. The summed E-state index contributed by atoms with van der Waals surface area (Å²) in [6.45, 7) is 4.79. The van der Waals surface area contributed by atoms with Gasteiger partial charge >= 0.3 is 0 Å². The van der Waals surface area contributed by atoms with Crippen LogP contribution in [0.15, 0.2) is 30.3 Å². The van der Waals surface area contributed by atoms with Crippen molar-refractivity contribution in [3.05, 3.63) is 30.3 Å². The molecule has 0 aromatic heterocycles. The molecule has 0 bridgehead atoms. The minimum absolute atomic E-state index is 0.0942. The summed E-state index contributed by atoms with van der Waals surface area (Å²) in [6, 6.07) is 10.0. The van der Waals surface area contributed by atoms with E-state index in [9.17, 15) is 5.11 Å². The van der Waals surface area contributed by atoms with E-state index >= 15 is 0 Å². The zero-order valence-electron chi connectivity index (χ0n) is 14.7. The van der Waals surface area contributed by atoms with Crippen LogP contribution < -0.4 is 10.1 Å². The number of nitrogens with one attached hydrogen (secondary N) is 1.